The van der Waals surface area contributed by atoms with Crippen molar-refractivity contribution in [3.05, 3.63) is 29.8 Å². The molecule has 1 aliphatic heterocycles. The molecule has 0 saturated carbocycles. The summed E-state index contributed by atoms with van der Waals surface area (Å²) in [6, 6.07) is 9.11. The number of ether oxygens (including phenoxy) is 1. The summed E-state index contributed by atoms with van der Waals surface area (Å²) in [7, 11) is 0. The molecule has 1 aliphatic rings. The number of hydrogen-bond donors (Lipinski definition) is 2. The molecular weight excluding hydrogens is 212 g/mol. The molecule has 0 bridgehead atoms. The zero-order valence-corrected chi connectivity index (χ0v) is 10.7. The number of hydrogen-bond acceptors (Lipinski definition) is 3. The highest BCUT2D eigenvalue weighted by atomic mass is 16.5. The second-order valence-corrected chi connectivity index (χ2v) is 4.88. The summed E-state index contributed by atoms with van der Waals surface area (Å²) in [6.07, 6.45) is 0. The Hall–Kier alpha value is -1.06. The van der Waals surface area contributed by atoms with Crippen LogP contribution in [0.15, 0.2) is 24.3 Å². The molecule has 1 unspecified atom stereocenters. The predicted molar refractivity (Wildman–Crippen MR) is 71.6 cm³/mol. The largest absolute Gasteiger partial charge is 0.383 e. The fraction of sp³-hybridized carbons (Fsp3) is 0.571. The van der Waals surface area contributed by atoms with Gasteiger partial charge in [-0.05, 0) is 23.6 Å². The van der Waals surface area contributed by atoms with Gasteiger partial charge < -0.3 is 15.4 Å². The van der Waals surface area contributed by atoms with Crippen molar-refractivity contribution in [2.24, 2.45) is 0 Å². The summed E-state index contributed by atoms with van der Waals surface area (Å²) in [4.78, 5) is 0. The maximum absolute atomic E-state index is 5.42. The molecule has 0 aliphatic carbocycles. The lowest BCUT2D eigenvalue weighted by atomic mass is 10.0. The van der Waals surface area contributed by atoms with E-state index in [0.29, 0.717) is 12.0 Å². The molecule has 3 heteroatoms. The van der Waals surface area contributed by atoms with Crippen LogP contribution < -0.4 is 10.6 Å². The van der Waals surface area contributed by atoms with E-state index in [4.69, 9.17) is 4.74 Å². The first-order valence-corrected chi connectivity index (χ1v) is 6.40. The van der Waals surface area contributed by atoms with Gasteiger partial charge in [-0.1, -0.05) is 26.0 Å². The smallest absolute Gasteiger partial charge is 0.0637 e. The average Bonchev–Trinajstić information content (AvgIpc) is 2.38. The number of nitrogens with one attached hydrogen (secondary N) is 2. The summed E-state index contributed by atoms with van der Waals surface area (Å²) >= 11 is 0. The summed E-state index contributed by atoms with van der Waals surface area (Å²) in [5.74, 6) is 0.595. The molecule has 1 aromatic rings. The maximum atomic E-state index is 5.42. The molecule has 1 fully saturated rings. The summed E-state index contributed by atoms with van der Waals surface area (Å²) in [5, 5.41) is 6.87. The fourth-order valence-electron chi connectivity index (χ4n) is 1.98. The minimum Gasteiger partial charge on any atom is -0.383 e. The van der Waals surface area contributed by atoms with E-state index >= 15 is 0 Å². The standard InChI is InChI=1S/C14H22N2O/c1-11(2)12-3-5-13(6-4-12)16-9-14-10-17-8-7-15-14/h3-6,11,14-16H,7-10H2,1-2H3. The molecule has 94 valence electrons. The van der Waals surface area contributed by atoms with Gasteiger partial charge in [-0.15, -0.1) is 0 Å². The van der Waals surface area contributed by atoms with Crippen LogP contribution in [0.3, 0.4) is 0 Å². The quantitative estimate of drug-likeness (QED) is 0.838. The molecule has 3 nitrogen and oxygen atoms in total. The lowest BCUT2D eigenvalue weighted by Crippen LogP contribution is -2.45. The molecule has 0 spiro atoms. The van der Waals surface area contributed by atoms with Crippen LogP contribution in [-0.4, -0.2) is 32.3 Å². The molecule has 1 aromatic carbocycles. The Bertz CT molecular complexity index is 329. The minimum atomic E-state index is 0.425. The van der Waals surface area contributed by atoms with E-state index in [1.165, 1.54) is 11.3 Å². The first-order chi connectivity index (χ1) is 8.25. The Labute approximate surface area is 104 Å². The Morgan fingerprint density at radius 3 is 2.71 bits per heavy atom. The van der Waals surface area contributed by atoms with Crippen molar-refractivity contribution in [3.8, 4) is 0 Å². The van der Waals surface area contributed by atoms with E-state index in [2.05, 4.69) is 48.7 Å². The Morgan fingerprint density at radius 2 is 2.12 bits per heavy atom. The van der Waals surface area contributed by atoms with Crippen molar-refractivity contribution in [2.75, 3.05) is 31.6 Å². The Balaban J connectivity index is 1.82. The third-order valence-corrected chi connectivity index (χ3v) is 3.13. The molecule has 2 rings (SSSR count). The van der Waals surface area contributed by atoms with Crippen LogP contribution in [0.4, 0.5) is 5.69 Å². The second kappa shape index (κ2) is 6.03. The number of morpholine rings is 1. The summed E-state index contributed by atoms with van der Waals surface area (Å²) in [6.45, 7) is 7.94. The highest BCUT2D eigenvalue weighted by molar-refractivity contribution is 5.45. The van der Waals surface area contributed by atoms with Gasteiger partial charge in [0.05, 0.1) is 13.2 Å². The van der Waals surface area contributed by atoms with E-state index in [0.717, 1.165) is 26.3 Å². The molecule has 0 amide bonds. The van der Waals surface area contributed by atoms with Crippen LogP contribution in [0.2, 0.25) is 0 Å². The third-order valence-electron chi connectivity index (χ3n) is 3.13. The minimum absolute atomic E-state index is 0.425. The topological polar surface area (TPSA) is 33.3 Å². The Morgan fingerprint density at radius 1 is 1.35 bits per heavy atom. The van der Waals surface area contributed by atoms with Gasteiger partial charge >= 0.3 is 0 Å². The van der Waals surface area contributed by atoms with Gasteiger partial charge in [0, 0.05) is 24.8 Å². The highest BCUT2D eigenvalue weighted by Gasteiger charge is 2.12. The zero-order valence-electron chi connectivity index (χ0n) is 10.7. The van der Waals surface area contributed by atoms with E-state index < -0.39 is 0 Å². The van der Waals surface area contributed by atoms with Gasteiger partial charge in [-0.3, -0.25) is 0 Å². The second-order valence-electron chi connectivity index (χ2n) is 4.88. The van der Waals surface area contributed by atoms with Crippen LogP contribution in [0.25, 0.3) is 0 Å². The monoisotopic (exact) mass is 234 g/mol. The predicted octanol–water partition coefficient (Wildman–Crippen LogP) is 2.21. The molecule has 1 saturated heterocycles. The molecular formula is C14H22N2O. The molecule has 2 N–H and O–H groups in total. The van der Waals surface area contributed by atoms with Crippen LogP contribution in [0.5, 0.6) is 0 Å². The van der Waals surface area contributed by atoms with E-state index in [9.17, 15) is 0 Å². The molecule has 0 aromatic heterocycles. The summed E-state index contributed by atoms with van der Waals surface area (Å²) < 4.78 is 5.42. The van der Waals surface area contributed by atoms with Gasteiger partial charge in [0.1, 0.15) is 0 Å². The van der Waals surface area contributed by atoms with Crippen LogP contribution in [0, 0.1) is 0 Å². The van der Waals surface area contributed by atoms with E-state index in [1.54, 1.807) is 0 Å². The van der Waals surface area contributed by atoms with Gasteiger partial charge in [0.2, 0.25) is 0 Å². The number of rotatable bonds is 4. The lowest BCUT2D eigenvalue weighted by Gasteiger charge is -2.24. The van der Waals surface area contributed by atoms with Crippen LogP contribution in [-0.2, 0) is 4.74 Å². The van der Waals surface area contributed by atoms with Gasteiger partial charge in [-0.2, -0.15) is 0 Å². The van der Waals surface area contributed by atoms with Crippen molar-refractivity contribution in [2.45, 2.75) is 25.8 Å². The van der Waals surface area contributed by atoms with Crippen LogP contribution in [0.1, 0.15) is 25.3 Å². The molecule has 1 heterocycles. The third kappa shape index (κ3) is 3.72. The highest BCUT2D eigenvalue weighted by Crippen LogP contribution is 2.17. The van der Waals surface area contributed by atoms with E-state index in [1.807, 2.05) is 0 Å². The van der Waals surface area contributed by atoms with Crippen molar-refractivity contribution in [1.29, 1.82) is 0 Å². The zero-order chi connectivity index (χ0) is 12.1. The molecule has 0 radical (unpaired) electrons. The number of anilines is 1. The van der Waals surface area contributed by atoms with E-state index in [-0.39, 0.29) is 0 Å². The van der Waals surface area contributed by atoms with Crippen LogP contribution >= 0.6 is 0 Å². The summed E-state index contributed by atoms with van der Waals surface area (Å²) in [5.41, 5.74) is 2.57. The van der Waals surface area contributed by atoms with Crippen molar-refractivity contribution >= 4 is 5.69 Å². The molecule has 1 atom stereocenters. The van der Waals surface area contributed by atoms with Gasteiger partial charge in [0.25, 0.3) is 0 Å². The lowest BCUT2D eigenvalue weighted by molar-refractivity contribution is 0.0806. The van der Waals surface area contributed by atoms with Gasteiger partial charge in [0.15, 0.2) is 0 Å². The van der Waals surface area contributed by atoms with Crippen molar-refractivity contribution in [1.82, 2.24) is 5.32 Å². The normalized spacial score (nSPS) is 20.5. The van der Waals surface area contributed by atoms with Crippen molar-refractivity contribution in [3.63, 3.8) is 0 Å². The maximum Gasteiger partial charge on any atom is 0.0637 e. The molecule has 17 heavy (non-hydrogen) atoms. The van der Waals surface area contributed by atoms with Crippen molar-refractivity contribution < 1.29 is 4.74 Å². The first kappa shape index (κ1) is 12.4. The fourth-order valence-corrected chi connectivity index (χ4v) is 1.98. The SMILES string of the molecule is CC(C)c1ccc(NCC2COCCN2)cc1. The van der Waals surface area contributed by atoms with Gasteiger partial charge in [-0.25, -0.2) is 0 Å². The average molecular weight is 234 g/mol. The first-order valence-electron chi connectivity index (χ1n) is 6.40. The number of benzene rings is 1. The Kier molecular flexibility index (Phi) is 4.40.